The molecule has 1 amide bonds. The molecule has 0 aromatic heterocycles. The van der Waals surface area contributed by atoms with E-state index in [9.17, 15) is 18.4 Å². The van der Waals surface area contributed by atoms with Gasteiger partial charge in [0.25, 0.3) is 0 Å². The van der Waals surface area contributed by atoms with Crippen LogP contribution in [0.1, 0.15) is 13.3 Å². The van der Waals surface area contributed by atoms with Crippen molar-refractivity contribution in [3.63, 3.8) is 0 Å². The Kier molecular flexibility index (Phi) is 4.25. The van der Waals surface area contributed by atoms with Crippen LogP contribution in [0, 0.1) is 11.6 Å². The highest BCUT2D eigenvalue weighted by Gasteiger charge is 2.33. The highest BCUT2D eigenvalue weighted by atomic mass is 79.9. The van der Waals surface area contributed by atoms with E-state index in [4.69, 9.17) is 0 Å². The number of hydrogen-bond acceptors (Lipinski definition) is 3. The average Bonchev–Trinajstić information content (AvgIpc) is 2.63. The average molecular weight is 350 g/mol. The second kappa shape index (κ2) is 5.58. The molecule has 1 heterocycles. The summed E-state index contributed by atoms with van der Waals surface area (Å²) in [5, 5.41) is -0.270. The molecule has 0 bridgehead atoms. The summed E-state index contributed by atoms with van der Waals surface area (Å²) in [6, 6.07) is 1.97. The van der Waals surface area contributed by atoms with E-state index in [0.29, 0.717) is 0 Å². The summed E-state index contributed by atoms with van der Waals surface area (Å²) in [6.45, 7) is 1.67. The van der Waals surface area contributed by atoms with E-state index in [1.165, 1.54) is 17.9 Å². The fraction of sp³-hybridized carbons (Fsp3) is 0.333. The second-order valence-electron chi connectivity index (χ2n) is 4.16. The van der Waals surface area contributed by atoms with Gasteiger partial charge in [0.05, 0.1) is 10.2 Å². The molecule has 1 saturated heterocycles. The van der Waals surface area contributed by atoms with Gasteiger partial charge in [-0.15, -0.1) is 0 Å². The first kappa shape index (κ1) is 14.5. The maximum atomic E-state index is 13.7. The van der Waals surface area contributed by atoms with Gasteiger partial charge in [-0.05, 0) is 22.0 Å². The lowest BCUT2D eigenvalue weighted by molar-refractivity contribution is -0.117. The van der Waals surface area contributed by atoms with Crippen molar-refractivity contribution in [1.82, 2.24) is 0 Å². The van der Waals surface area contributed by atoms with E-state index >= 15 is 0 Å². The molecule has 1 fully saturated rings. The number of hydrogen-bond donors (Lipinski definition) is 0. The van der Waals surface area contributed by atoms with E-state index in [1.54, 1.807) is 0 Å². The van der Waals surface area contributed by atoms with Gasteiger partial charge in [0.1, 0.15) is 11.6 Å². The van der Waals surface area contributed by atoms with E-state index in [1.807, 2.05) is 0 Å². The van der Waals surface area contributed by atoms with Crippen molar-refractivity contribution in [2.75, 3.05) is 11.4 Å². The van der Waals surface area contributed by atoms with Crippen molar-refractivity contribution >= 4 is 44.4 Å². The molecule has 1 aromatic rings. The Morgan fingerprint density at radius 3 is 2.74 bits per heavy atom. The maximum Gasteiger partial charge on any atom is 0.228 e. The third-order valence-corrected chi connectivity index (χ3v) is 4.29. The molecular formula is C12H10BrF2NO2S. The van der Waals surface area contributed by atoms with Crippen LogP contribution in [-0.4, -0.2) is 22.8 Å². The zero-order valence-corrected chi connectivity index (χ0v) is 12.4. The van der Waals surface area contributed by atoms with Crippen molar-refractivity contribution in [1.29, 1.82) is 0 Å². The van der Waals surface area contributed by atoms with Crippen molar-refractivity contribution in [2.45, 2.75) is 18.6 Å². The summed E-state index contributed by atoms with van der Waals surface area (Å²) in [5.74, 6) is -1.78. The monoisotopic (exact) mass is 349 g/mol. The van der Waals surface area contributed by atoms with Gasteiger partial charge in [-0.1, -0.05) is 11.8 Å². The van der Waals surface area contributed by atoms with E-state index in [-0.39, 0.29) is 39.4 Å². The van der Waals surface area contributed by atoms with Gasteiger partial charge in [0, 0.05) is 31.2 Å². The Morgan fingerprint density at radius 2 is 2.11 bits per heavy atom. The van der Waals surface area contributed by atoms with Gasteiger partial charge in [-0.25, -0.2) is 8.78 Å². The molecule has 0 saturated carbocycles. The zero-order chi connectivity index (χ0) is 14.2. The SMILES string of the molecule is CC(=O)SC1CC(=O)N(c2cc(Br)c(F)cc2F)C1. The normalized spacial score (nSPS) is 19.1. The van der Waals surface area contributed by atoms with Crippen LogP contribution in [0.5, 0.6) is 0 Å². The number of carbonyl (C=O) groups is 2. The molecule has 3 nitrogen and oxygen atoms in total. The number of carbonyl (C=O) groups excluding carboxylic acids is 2. The molecule has 2 rings (SSSR count). The number of halogens is 3. The van der Waals surface area contributed by atoms with Crippen LogP contribution in [0.3, 0.4) is 0 Å². The van der Waals surface area contributed by atoms with Crippen LogP contribution in [0.2, 0.25) is 0 Å². The quantitative estimate of drug-likeness (QED) is 0.770. The van der Waals surface area contributed by atoms with Gasteiger partial charge in [-0.3, -0.25) is 9.59 Å². The van der Waals surface area contributed by atoms with E-state index in [2.05, 4.69) is 15.9 Å². The van der Waals surface area contributed by atoms with Crippen molar-refractivity contribution in [2.24, 2.45) is 0 Å². The van der Waals surface area contributed by atoms with Crippen LogP contribution >= 0.6 is 27.7 Å². The highest BCUT2D eigenvalue weighted by Crippen LogP contribution is 2.32. The van der Waals surface area contributed by atoms with Crippen molar-refractivity contribution < 1.29 is 18.4 Å². The lowest BCUT2D eigenvalue weighted by atomic mass is 10.2. The molecular weight excluding hydrogens is 340 g/mol. The Morgan fingerprint density at radius 1 is 1.42 bits per heavy atom. The molecule has 1 aliphatic heterocycles. The first-order valence-electron chi connectivity index (χ1n) is 5.50. The fourth-order valence-electron chi connectivity index (χ4n) is 1.94. The van der Waals surface area contributed by atoms with Crippen LogP contribution in [0.25, 0.3) is 0 Å². The van der Waals surface area contributed by atoms with Gasteiger partial charge < -0.3 is 4.90 Å². The minimum absolute atomic E-state index is 0.0323. The van der Waals surface area contributed by atoms with Crippen molar-refractivity contribution in [3.8, 4) is 0 Å². The summed E-state index contributed by atoms with van der Waals surface area (Å²) in [5.41, 5.74) is 0.0323. The topological polar surface area (TPSA) is 37.4 Å². The number of anilines is 1. The maximum absolute atomic E-state index is 13.7. The largest absolute Gasteiger partial charge is 0.308 e. The molecule has 0 N–H and O–H groups in total. The summed E-state index contributed by atoms with van der Waals surface area (Å²) in [7, 11) is 0. The molecule has 0 aliphatic carbocycles. The minimum Gasteiger partial charge on any atom is -0.308 e. The van der Waals surface area contributed by atoms with Gasteiger partial charge in [0.15, 0.2) is 5.12 Å². The van der Waals surface area contributed by atoms with Gasteiger partial charge in [-0.2, -0.15) is 0 Å². The van der Waals surface area contributed by atoms with Crippen LogP contribution in [0.4, 0.5) is 14.5 Å². The summed E-state index contributed by atoms with van der Waals surface area (Å²) < 4.78 is 27.0. The predicted octanol–water partition coefficient (Wildman–Crippen LogP) is 3.11. The molecule has 1 atom stereocenters. The lowest BCUT2D eigenvalue weighted by Gasteiger charge is -2.17. The first-order valence-corrected chi connectivity index (χ1v) is 7.18. The van der Waals surface area contributed by atoms with Crippen LogP contribution in [-0.2, 0) is 9.59 Å². The Labute approximate surface area is 121 Å². The molecule has 1 unspecified atom stereocenters. The molecule has 102 valence electrons. The number of nitrogens with zero attached hydrogens (tertiary/aromatic N) is 1. The number of amides is 1. The second-order valence-corrected chi connectivity index (χ2v) is 6.49. The third-order valence-electron chi connectivity index (χ3n) is 2.70. The molecule has 0 spiro atoms. The van der Waals surface area contributed by atoms with Gasteiger partial charge in [0.2, 0.25) is 5.91 Å². The predicted molar refractivity (Wildman–Crippen MR) is 73.1 cm³/mol. The standard InChI is InChI=1S/C12H10BrF2NO2S/c1-6(17)19-7-2-12(18)16(5-7)11-3-8(13)9(14)4-10(11)15/h3-4,7H,2,5H2,1H3. The molecule has 1 aliphatic rings. The van der Waals surface area contributed by atoms with Crippen LogP contribution < -0.4 is 4.90 Å². The molecule has 7 heteroatoms. The number of thioether (sulfide) groups is 1. The molecule has 1 aromatic carbocycles. The highest BCUT2D eigenvalue weighted by molar-refractivity contribution is 9.10. The van der Waals surface area contributed by atoms with E-state index < -0.39 is 11.6 Å². The number of rotatable bonds is 2. The molecule has 0 radical (unpaired) electrons. The smallest absolute Gasteiger partial charge is 0.228 e. The zero-order valence-electron chi connectivity index (χ0n) is 9.95. The molecule has 19 heavy (non-hydrogen) atoms. The van der Waals surface area contributed by atoms with Crippen LogP contribution in [0.15, 0.2) is 16.6 Å². The summed E-state index contributed by atoms with van der Waals surface area (Å²) in [4.78, 5) is 24.1. The Bertz CT molecular complexity index is 553. The Balaban J connectivity index is 2.25. The minimum atomic E-state index is -0.789. The van der Waals surface area contributed by atoms with Gasteiger partial charge >= 0.3 is 0 Å². The summed E-state index contributed by atoms with van der Waals surface area (Å²) in [6.07, 6.45) is 0.179. The van der Waals surface area contributed by atoms with E-state index in [0.717, 1.165) is 17.8 Å². The lowest BCUT2D eigenvalue weighted by Crippen LogP contribution is -2.26. The first-order chi connectivity index (χ1) is 8.88. The summed E-state index contributed by atoms with van der Waals surface area (Å²) >= 11 is 4.03. The van der Waals surface area contributed by atoms with Crippen molar-refractivity contribution in [3.05, 3.63) is 28.2 Å². The number of benzene rings is 1. The Hall–Kier alpha value is -0.950. The fourth-order valence-corrected chi connectivity index (χ4v) is 3.19. The third kappa shape index (κ3) is 3.14.